The molecule has 0 saturated heterocycles. The number of aromatic nitrogens is 7. The Morgan fingerprint density at radius 2 is 2.07 bits per heavy atom. The Morgan fingerprint density at radius 3 is 2.79 bits per heavy atom. The van der Waals surface area contributed by atoms with Gasteiger partial charge in [-0.1, -0.05) is 35.6 Å². The minimum absolute atomic E-state index is 0.195. The molecule has 3 heterocycles. The molecule has 0 spiro atoms. The molecule has 0 aliphatic heterocycles. The summed E-state index contributed by atoms with van der Waals surface area (Å²) < 4.78 is 23.2. The van der Waals surface area contributed by atoms with E-state index in [4.69, 9.17) is 4.74 Å². The zero-order chi connectivity index (χ0) is 19.1. The van der Waals surface area contributed by atoms with Gasteiger partial charge in [-0.25, -0.2) is 9.37 Å². The quantitative estimate of drug-likeness (QED) is 0.533. The molecule has 1 aromatic carbocycles. The van der Waals surface area contributed by atoms with E-state index in [2.05, 4.69) is 25.4 Å². The average Bonchev–Trinajstić information content (AvgIpc) is 3.24. The van der Waals surface area contributed by atoms with Gasteiger partial charge in [-0.2, -0.15) is 14.8 Å². The number of fused-ring (bicyclic) bond motifs is 1. The monoisotopic (exact) mass is 375 g/mol. The molecular formula is C19H14FN7O. The van der Waals surface area contributed by atoms with Crippen LogP contribution in [0.25, 0.3) is 22.4 Å². The molecule has 1 aliphatic carbocycles. The van der Waals surface area contributed by atoms with E-state index >= 15 is 0 Å². The summed E-state index contributed by atoms with van der Waals surface area (Å²) in [5.74, 6) is 0.643. The van der Waals surface area contributed by atoms with Gasteiger partial charge in [-0.3, -0.25) is 4.68 Å². The molecule has 0 radical (unpaired) electrons. The Balaban J connectivity index is 1.61. The highest BCUT2D eigenvalue weighted by molar-refractivity contribution is 5.87. The van der Waals surface area contributed by atoms with E-state index < -0.39 is 5.82 Å². The number of hydrogen-bond acceptors (Lipinski definition) is 6. The van der Waals surface area contributed by atoms with Crippen molar-refractivity contribution in [2.24, 2.45) is 7.05 Å². The number of nitrogens with zero attached hydrogens (tertiary/aromatic N) is 7. The van der Waals surface area contributed by atoms with E-state index in [0.29, 0.717) is 22.9 Å². The Hall–Kier alpha value is -3.88. The van der Waals surface area contributed by atoms with Gasteiger partial charge in [-0.05, 0) is 23.8 Å². The zero-order valence-corrected chi connectivity index (χ0v) is 14.8. The predicted molar refractivity (Wildman–Crippen MR) is 99.1 cm³/mol. The second kappa shape index (κ2) is 6.38. The molecule has 1 aliphatic rings. The fraction of sp³-hybridized carbons (Fsp3) is 0.105. The number of halogens is 1. The van der Waals surface area contributed by atoms with Crippen molar-refractivity contribution in [1.29, 1.82) is 0 Å². The van der Waals surface area contributed by atoms with E-state index in [1.165, 1.54) is 17.1 Å². The number of aryl methyl sites for hydroxylation is 1. The van der Waals surface area contributed by atoms with E-state index in [-0.39, 0.29) is 12.3 Å². The lowest BCUT2D eigenvalue weighted by Crippen LogP contribution is -2.08. The standard InChI is InChI=1S/C19H14FN7O/c1-26-17(21-11-22-26)10-28-19-13(12-5-4-6-12)9-15-18(23-19)27(25-24-15)16-8-3-2-7-14(16)20/h2-9,11H,10H2,1H3. The van der Waals surface area contributed by atoms with Crippen molar-refractivity contribution in [1.82, 2.24) is 34.7 Å². The maximum absolute atomic E-state index is 14.2. The van der Waals surface area contributed by atoms with Gasteiger partial charge in [0.25, 0.3) is 0 Å². The van der Waals surface area contributed by atoms with Crippen LogP contribution in [0.15, 0.2) is 54.9 Å². The summed E-state index contributed by atoms with van der Waals surface area (Å²) in [6.45, 7) is 0.195. The molecule has 5 rings (SSSR count). The highest BCUT2D eigenvalue weighted by Crippen LogP contribution is 2.32. The minimum atomic E-state index is -0.411. The molecule has 4 aromatic rings. The molecule has 28 heavy (non-hydrogen) atoms. The number of benzene rings is 1. The van der Waals surface area contributed by atoms with Gasteiger partial charge in [0.2, 0.25) is 5.88 Å². The molecule has 0 saturated carbocycles. The van der Waals surface area contributed by atoms with Crippen LogP contribution in [0.1, 0.15) is 11.4 Å². The molecule has 0 fully saturated rings. The number of pyridine rings is 1. The second-order valence-electron chi connectivity index (χ2n) is 6.21. The van der Waals surface area contributed by atoms with Crippen LogP contribution in [0.5, 0.6) is 5.88 Å². The Bertz CT molecular complexity index is 1250. The van der Waals surface area contributed by atoms with Crippen molar-refractivity contribution < 1.29 is 9.13 Å². The van der Waals surface area contributed by atoms with Crippen LogP contribution < -0.4 is 4.74 Å². The van der Waals surface area contributed by atoms with Crippen molar-refractivity contribution in [3.8, 4) is 11.6 Å². The molecule has 0 atom stereocenters. The summed E-state index contributed by atoms with van der Waals surface area (Å²) >= 11 is 0. The molecule has 8 nitrogen and oxygen atoms in total. The maximum atomic E-state index is 14.2. The van der Waals surface area contributed by atoms with E-state index in [1.807, 2.05) is 24.3 Å². The predicted octanol–water partition coefficient (Wildman–Crippen LogP) is 2.62. The fourth-order valence-corrected chi connectivity index (χ4v) is 2.90. The van der Waals surface area contributed by atoms with Gasteiger partial charge in [0.05, 0.1) is 0 Å². The van der Waals surface area contributed by atoms with Crippen LogP contribution >= 0.6 is 0 Å². The zero-order valence-electron chi connectivity index (χ0n) is 14.8. The third-order valence-electron chi connectivity index (χ3n) is 4.48. The summed E-state index contributed by atoms with van der Waals surface area (Å²) in [6.07, 6.45) is 7.31. The molecule has 0 N–H and O–H groups in total. The van der Waals surface area contributed by atoms with Crippen molar-refractivity contribution >= 4 is 16.7 Å². The first-order chi connectivity index (χ1) is 13.7. The number of hydrogen-bond donors (Lipinski definition) is 0. The number of para-hydroxylation sites is 1. The Labute approximate surface area is 158 Å². The molecule has 0 bridgehead atoms. The highest BCUT2D eigenvalue weighted by atomic mass is 19.1. The third-order valence-corrected chi connectivity index (χ3v) is 4.48. The van der Waals surface area contributed by atoms with Crippen LogP contribution in [0.3, 0.4) is 0 Å². The van der Waals surface area contributed by atoms with Crippen molar-refractivity contribution in [3.63, 3.8) is 0 Å². The summed E-state index contributed by atoms with van der Waals surface area (Å²) in [5.41, 5.74) is 2.99. The van der Waals surface area contributed by atoms with E-state index in [0.717, 1.165) is 11.1 Å². The molecule has 0 unspecified atom stereocenters. The lowest BCUT2D eigenvalue weighted by Gasteiger charge is -2.14. The molecule has 9 heteroatoms. The Morgan fingerprint density at radius 1 is 1.21 bits per heavy atom. The van der Waals surface area contributed by atoms with Crippen molar-refractivity contribution in [2.45, 2.75) is 6.61 Å². The first-order valence-electron chi connectivity index (χ1n) is 8.56. The Kier molecular flexibility index (Phi) is 3.71. The SMILES string of the molecule is Cn1ncnc1COc1nc2c(cc1C1=CC=C1)nnn2-c1ccccc1F. The minimum Gasteiger partial charge on any atom is -0.469 e. The van der Waals surface area contributed by atoms with Crippen molar-refractivity contribution in [2.75, 3.05) is 0 Å². The van der Waals surface area contributed by atoms with Crippen molar-refractivity contribution in [3.05, 3.63) is 72.1 Å². The van der Waals surface area contributed by atoms with Crippen LogP contribution in [0, 0.1) is 5.82 Å². The molecular weight excluding hydrogens is 361 g/mol. The smallest absolute Gasteiger partial charge is 0.224 e. The van der Waals surface area contributed by atoms with Gasteiger partial charge in [-0.15, -0.1) is 5.10 Å². The first-order valence-corrected chi connectivity index (χ1v) is 8.56. The molecule has 0 amide bonds. The molecule has 138 valence electrons. The normalized spacial score (nSPS) is 12.9. The molecule has 3 aromatic heterocycles. The third kappa shape index (κ3) is 2.64. The summed E-state index contributed by atoms with van der Waals surface area (Å²) in [6, 6.07) is 8.18. The second-order valence-corrected chi connectivity index (χ2v) is 6.21. The number of rotatable bonds is 5. The van der Waals surface area contributed by atoms with Gasteiger partial charge in [0, 0.05) is 12.6 Å². The lowest BCUT2D eigenvalue weighted by atomic mass is 10.0. The summed E-state index contributed by atoms with van der Waals surface area (Å²) in [4.78, 5) is 8.76. The highest BCUT2D eigenvalue weighted by Gasteiger charge is 2.19. The maximum Gasteiger partial charge on any atom is 0.224 e. The summed E-state index contributed by atoms with van der Waals surface area (Å²) in [7, 11) is 1.79. The number of allylic oxidation sites excluding steroid dienone is 4. The first kappa shape index (κ1) is 16.3. The van der Waals surface area contributed by atoms with Gasteiger partial charge >= 0.3 is 0 Å². The van der Waals surface area contributed by atoms with Crippen LogP contribution in [-0.4, -0.2) is 34.7 Å². The summed E-state index contributed by atoms with van der Waals surface area (Å²) in [5, 5.41) is 12.3. The van der Waals surface area contributed by atoms with Gasteiger partial charge < -0.3 is 4.74 Å². The largest absolute Gasteiger partial charge is 0.469 e. The van der Waals surface area contributed by atoms with Gasteiger partial charge in [0.1, 0.15) is 30.0 Å². The van der Waals surface area contributed by atoms with Gasteiger partial charge in [0.15, 0.2) is 11.5 Å². The van der Waals surface area contributed by atoms with Crippen LogP contribution in [0.2, 0.25) is 0 Å². The van der Waals surface area contributed by atoms with Crippen LogP contribution in [-0.2, 0) is 13.7 Å². The lowest BCUT2D eigenvalue weighted by molar-refractivity contribution is 0.278. The van der Waals surface area contributed by atoms with E-state index in [1.54, 1.807) is 29.9 Å². The number of ether oxygens (including phenoxy) is 1. The van der Waals surface area contributed by atoms with E-state index in [9.17, 15) is 4.39 Å². The average molecular weight is 375 g/mol. The fourth-order valence-electron chi connectivity index (χ4n) is 2.90. The topological polar surface area (TPSA) is 83.5 Å². The van der Waals surface area contributed by atoms with Crippen LogP contribution in [0.4, 0.5) is 4.39 Å².